The van der Waals surface area contributed by atoms with Gasteiger partial charge in [0, 0.05) is 60.1 Å². The highest BCUT2D eigenvalue weighted by Gasteiger charge is 2.31. The van der Waals surface area contributed by atoms with Gasteiger partial charge in [0.1, 0.15) is 23.6 Å². The van der Waals surface area contributed by atoms with Gasteiger partial charge >= 0.3 is 6.03 Å². The summed E-state index contributed by atoms with van der Waals surface area (Å²) in [6.45, 7) is 8.42. The van der Waals surface area contributed by atoms with E-state index in [9.17, 15) is 9.59 Å². The molecule has 3 aliphatic rings. The van der Waals surface area contributed by atoms with Crippen molar-refractivity contribution in [3.05, 3.63) is 77.9 Å². The zero-order chi connectivity index (χ0) is 31.2. The van der Waals surface area contributed by atoms with Crippen LogP contribution in [0.2, 0.25) is 0 Å². The number of nitrogens with zero attached hydrogens (tertiary/aromatic N) is 5. The van der Waals surface area contributed by atoms with E-state index < -0.39 is 0 Å². The smallest absolute Gasteiger partial charge is 0.322 e. The number of ketones is 1. The lowest BCUT2D eigenvalue weighted by Gasteiger charge is -2.38. The van der Waals surface area contributed by atoms with Gasteiger partial charge in [-0.25, -0.2) is 14.8 Å². The summed E-state index contributed by atoms with van der Waals surface area (Å²) in [4.78, 5) is 44.8. The molecule has 2 fully saturated rings. The van der Waals surface area contributed by atoms with Crippen molar-refractivity contribution < 1.29 is 14.3 Å². The molecule has 2 N–H and O–H groups in total. The van der Waals surface area contributed by atoms with Crippen LogP contribution in [0.15, 0.2) is 61.1 Å². The zero-order valence-corrected chi connectivity index (χ0v) is 26.3. The number of piperidine rings is 1. The van der Waals surface area contributed by atoms with Gasteiger partial charge in [0.05, 0.1) is 7.11 Å². The van der Waals surface area contributed by atoms with Crippen LogP contribution in [0.5, 0.6) is 5.75 Å². The van der Waals surface area contributed by atoms with Crippen LogP contribution >= 0.6 is 0 Å². The molecule has 236 valence electrons. The first-order valence-corrected chi connectivity index (χ1v) is 16.2. The van der Waals surface area contributed by atoms with Crippen LogP contribution in [-0.2, 0) is 6.42 Å². The number of para-hydroxylation sites is 1. The van der Waals surface area contributed by atoms with Crippen LogP contribution in [0.1, 0.15) is 60.6 Å². The number of urea groups is 1. The van der Waals surface area contributed by atoms with E-state index in [0.29, 0.717) is 17.8 Å². The molecule has 7 rings (SSSR count). The van der Waals surface area contributed by atoms with Crippen LogP contribution in [0.3, 0.4) is 0 Å². The average molecular weight is 610 g/mol. The zero-order valence-electron chi connectivity index (χ0n) is 26.3. The van der Waals surface area contributed by atoms with Crippen LogP contribution in [0.4, 0.5) is 16.3 Å². The van der Waals surface area contributed by atoms with Gasteiger partial charge in [-0.3, -0.25) is 4.79 Å². The third-order valence-electron chi connectivity index (χ3n) is 9.12. The van der Waals surface area contributed by atoms with Gasteiger partial charge in [-0.2, -0.15) is 0 Å². The maximum absolute atomic E-state index is 13.2. The summed E-state index contributed by atoms with van der Waals surface area (Å²) in [7, 11) is 1.65. The van der Waals surface area contributed by atoms with Crippen molar-refractivity contribution >= 4 is 34.2 Å². The minimum Gasteiger partial charge on any atom is -0.497 e. The number of anilines is 2. The number of hydrogen-bond donors (Lipinski definition) is 2. The number of carbonyl (C=O) groups excluding carboxylic acids is 2. The lowest BCUT2D eigenvalue weighted by molar-refractivity contribution is 0.103. The first-order chi connectivity index (χ1) is 22.0. The molecule has 2 aromatic heterocycles. The fraction of sp³-hybridized carbons (Fsp3) is 0.429. The third kappa shape index (κ3) is 6.96. The number of aromatic amines is 1. The number of fused-ring (bicyclic) bond motifs is 2. The van der Waals surface area contributed by atoms with E-state index >= 15 is 0 Å². The Balaban J connectivity index is 0.000000390. The minimum absolute atomic E-state index is 0.0592. The van der Waals surface area contributed by atoms with Crippen molar-refractivity contribution in [3.8, 4) is 5.75 Å². The second-order valence-corrected chi connectivity index (χ2v) is 12.0. The molecule has 4 aromatic rings. The molecule has 10 nitrogen and oxygen atoms in total. The van der Waals surface area contributed by atoms with Crippen LogP contribution in [-0.4, -0.2) is 89.0 Å². The van der Waals surface area contributed by atoms with Gasteiger partial charge < -0.3 is 29.7 Å². The molecule has 0 unspecified atom stereocenters. The molecule has 0 radical (unpaired) electrons. The van der Waals surface area contributed by atoms with Crippen molar-refractivity contribution in [2.45, 2.75) is 51.5 Å². The first-order valence-electron chi connectivity index (χ1n) is 16.2. The van der Waals surface area contributed by atoms with Gasteiger partial charge in [0.15, 0.2) is 0 Å². The molecule has 10 heteroatoms. The number of benzene rings is 2. The summed E-state index contributed by atoms with van der Waals surface area (Å²) in [6.07, 6.45) is 9.79. The van der Waals surface area contributed by atoms with Gasteiger partial charge in [-0.1, -0.05) is 25.1 Å². The van der Waals surface area contributed by atoms with Gasteiger partial charge in [0.2, 0.25) is 5.78 Å². The Hall–Kier alpha value is -4.44. The Morgan fingerprint density at radius 1 is 1.00 bits per heavy atom. The number of hydrogen-bond acceptors (Lipinski definition) is 7. The van der Waals surface area contributed by atoms with E-state index in [4.69, 9.17) is 4.74 Å². The first kappa shape index (κ1) is 30.6. The Morgan fingerprint density at radius 3 is 2.58 bits per heavy atom. The van der Waals surface area contributed by atoms with E-state index in [1.165, 1.54) is 45.2 Å². The van der Waals surface area contributed by atoms with E-state index in [-0.39, 0.29) is 17.9 Å². The van der Waals surface area contributed by atoms with Crippen molar-refractivity contribution in [3.63, 3.8) is 0 Å². The predicted molar refractivity (Wildman–Crippen MR) is 177 cm³/mol. The highest BCUT2D eigenvalue weighted by Crippen LogP contribution is 2.29. The molecular formula is C35H43N7O3. The molecular weight excluding hydrogens is 566 g/mol. The molecule has 0 aliphatic carbocycles. The average Bonchev–Trinajstić information content (AvgIpc) is 3.73. The number of ether oxygens (including phenoxy) is 1. The quantitative estimate of drug-likeness (QED) is 0.257. The summed E-state index contributed by atoms with van der Waals surface area (Å²) in [5, 5.41) is 3.95. The Bertz CT molecular complexity index is 1620. The fourth-order valence-corrected chi connectivity index (χ4v) is 6.67. The lowest BCUT2D eigenvalue weighted by Crippen LogP contribution is -2.49. The molecule has 2 saturated heterocycles. The number of carbonyl (C=O) groups is 2. The van der Waals surface area contributed by atoms with Gasteiger partial charge in [-0.05, 0) is 88.0 Å². The van der Waals surface area contributed by atoms with E-state index in [1.807, 2.05) is 47.4 Å². The Labute approximate surface area is 264 Å². The minimum atomic E-state index is -0.131. The predicted octanol–water partition coefficient (Wildman–Crippen LogP) is 5.75. The fourth-order valence-electron chi connectivity index (χ4n) is 6.67. The number of nitrogens with one attached hydrogen (secondary N) is 2. The van der Waals surface area contributed by atoms with Crippen LogP contribution in [0.25, 0.3) is 10.9 Å². The molecule has 2 aromatic carbocycles. The molecule has 2 amide bonds. The van der Waals surface area contributed by atoms with E-state index in [2.05, 4.69) is 37.0 Å². The SMILES string of the molecule is CCCN1CCCC1.COc1ccc2c(c1)CCN(C1CCN(c3cc(C(=O)c4c[nH]c5ccccc45)ncn3)CC1)C(=O)N2. The third-order valence-corrected chi connectivity index (χ3v) is 9.12. The van der Waals surface area contributed by atoms with Crippen molar-refractivity contribution in [1.29, 1.82) is 0 Å². The molecule has 0 spiro atoms. The topological polar surface area (TPSA) is 107 Å². The van der Waals surface area contributed by atoms with E-state index in [0.717, 1.165) is 66.1 Å². The van der Waals surface area contributed by atoms with Crippen molar-refractivity contribution in [2.75, 3.05) is 56.6 Å². The van der Waals surface area contributed by atoms with Crippen LogP contribution < -0.4 is 15.0 Å². The normalized spacial score (nSPS) is 17.3. The summed E-state index contributed by atoms with van der Waals surface area (Å²) in [6, 6.07) is 15.3. The maximum atomic E-state index is 13.2. The Kier molecular flexibility index (Phi) is 9.59. The van der Waals surface area contributed by atoms with Crippen molar-refractivity contribution in [2.24, 2.45) is 0 Å². The second kappa shape index (κ2) is 14.1. The highest BCUT2D eigenvalue weighted by atomic mass is 16.5. The number of aromatic nitrogens is 3. The van der Waals surface area contributed by atoms with Gasteiger partial charge in [-0.15, -0.1) is 0 Å². The lowest BCUT2D eigenvalue weighted by atomic mass is 10.0. The summed E-state index contributed by atoms with van der Waals surface area (Å²) in [5.41, 5.74) is 3.82. The number of methoxy groups -OCH3 is 1. The van der Waals surface area contributed by atoms with Crippen molar-refractivity contribution in [1.82, 2.24) is 24.8 Å². The number of amides is 2. The molecule has 0 atom stereocenters. The monoisotopic (exact) mass is 609 g/mol. The molecule has 45 heavy (non-hydrogen) atoms. The van der Waals surface area contributed by atoms with E-state index in [1.54, 1.807) is 19.4 Å². The summed E-state index contributed by atoms with van der Waals surface area (Å²) >= 11 is 0. The number of rotatable bonds is 7. The number of likely N-dealkylation sites (tertiary alicyclic amines) is 1. The largest absolute Gasteiger partial charge is 0.497 e. The Morgan fingerprint density at radius 2 is 1.80 bits per heavy atom. The molecule has 3 aliphatic heterocycles. The second-order valence-electron chi connectivity index (χ2n) is 12.0. The van der Waals surface area contributed by atoms with Crippen LogP contribution in [0, 0.1) is 0 Å². The molecule has 5 heterocycles. The van der Waals surface area contributed by atoms with Gasteiger partial charge in [0.25, 0.3) is 0 Å². The molecule has 0 bridgehead atoms. The number of H-pyrrole nitrogens is 1. The standard InChI is InChI=1S/C28H28N6O3.C7H15N/c1-37-20-6-7-23-18(14-20)8-13-34(28(36)32-23)19-9-11-33(12-10-19)26-15-25(30-17-31-26)27(35)22-16-29-24-5-3-2-4-21(22)24;1-2-5-8-6-3-4-7-8/h2-7,14-17,19,29H,8-13H2,1H3,(H,32,36);2-7H2,1H3. The summed E-state index contributed by atoms with van der Waals surface area (Å²) in [5.74, 6) is 1.40. The maximum Gasteiger partial charge on any atom is 0.322 e. The summed E-state index contributed by atoms with van der Waals surface area (Å²) < 4.78 is 5.34. The molecule has 0 saturated carbocycles. The highest BCUT2D eigenvalue weighted by molar-refractivity contribution is 6.15.